The molecule has 106 valence electrons. The average molecular weight is 274 g/mol. The van der Waals surface area contributed by atoms with Crippen LogP contribution >= 0.6 is 0 Å². The molecule has 1 heterocycles. The molecule has 3 atom stereocenters. The molecule has 1 aromatic rings. The molecule has 0 unspecified atom stereocenters. The van der Waals surface area contributed by atoms with Crippen molar-refractivity contribution in [2.24, 2.45) is 5.92 Å². The molecule has 1 aliphatic heterocycles. The molecule has 0 radical (unpaired) electrons. The fraction of sp³-hybridized carbons (Fsp3) is 0.467. The molecule has 0 spiro atoms. The summed E-state index contributed by atoms with van der Waals surface area (Å²) in [4.78, 5) is 25.9. The van der Waals surface area contributed by atoms with E-state index in [1.54, 1.807) is 18.2 Å². The number of carbonyl (C=O) groups excluding carboxylic acids is 2. The van der Waals surface area contributed by atoms with Crippen molar-refractivity contribution in [1.82, 2.24) is 10.2 Å². The van der Waals surface area contributed by atoms with Gasteiger partial charge in [-0.3, -0.25) is 9.69 Å². The van der Waals surface area contributed by atoms with Gasteiger partial charge in [0.1, 0.15) is 11.8 Å². The smallest absolute Gasteiger partial charge is 0.325 e. The Labute approximate surface area is 117 Å². The van der Waals surface area contributed by atoms with E-state index < -0.39 is 6.04 Å². The van der Waals surface area contributed by atoms with Gasteiger partial charge in [-0.25, -0.2) is 4.79 Å². The van der Waals surface area contributed by atoms with Crippen LogP contribution in [0.2, 0.25) is 0 Å². The Morgan fingerprint density at radius 2 is 2.10 bits per heavy atom. The lowest BCUT2D eigenvalue weighted by Gasteiger charge is -2.20. The number of hydrogen-bond donors (Lipinski definition) is 2. The summed E-state index contributed by atoms with van der Waals surface area (Å²) in [5.41, 5.74) is 0.622. The molecule has 3 rings (SSSR count). The summed E-state index contributed by atoms with van der Waals surface area (Å²) in [5, 5.41) is 12.2. The van der Waals surface area contributed by atoms with Crippen molar-refractivity contribution in [1.29, 1.82) is 0 Å². The molecular weight excluding hydrogens is 256 g/mol. The predicted octanol–water partition coefficient (Wildman–Crippen LogP) is 2.17. The molecular formula is C15H18N2O3. The minimum absolute atomic E-state index is 0.0137. The monoisotopic (exact) mass is 274 g/mol. The van der Waals surface area contributed by atoms with Crippen LogP contribution < -0.4 is 5.32 Å². The summed E-state index contributed by atoms with van der Waals surface area (Å²) in [6.45, 7) is 2.14. The number of urea groups is 1. The second-order valence-electron chi connectivity index (χ2n) is 5.76. The van der Waals surface area contributed by atoms with Crippen LogP contribution in [0, 0.1) is 5.92 Å². The third-order valence-electron chi connectivity index (χ3n) is 4.21. The van der Waals surface area contributed by atoms with Crippen molar-refractivity contribution in [2.75, 3.05) is 0 Å². The zero-order valence-electron chi connectivity index (χ0n) is 11.4. The highest BCUT2D eigenvalue weighted by atomic mass is 16.3. The van der Waals surface area contributed by atoms with E-state index >= 15 is 0 Å². The maximum atomic E-state index is 12.5. The van der Waals surface area contributed by atoms with E-state index in [0.717, 1.165) is 19.3 Å². The van der Waals surface area contributed by atoms with Crippen LogP contribution in [-0.2, 0) is 4.79 Å². The van der Waals surface area contributed by atoms with E-state index in [1.165, 1.54) is 11.0 Å². The first-order valence-electron chi connectivity index (χ1n) is 6.99. The molecule has 5 heteroatoms. The summed E-state index contributed by atoms with van der Waals surface area (Å²) in [7, 11) is 0. The zero-order valence-corrected chi connectivity index (χ0v) is 11.4. The molecule has 0 aromatic heterocycles. The normalized spacial score (nSPS) is 29.9. The second kappa shape index (κ2) is 4.81. The summed E-state index contributed by atoms with van der Waals surface area (Å²) >= 11 is 0. The molecule has 2 aliphatic rings. The lowest BCUT2D eigenvalue weighted by atomic mass is 10.1. The summed E-state index contributed by atoms with van der Waals surface area (Å²) in [6, 6.07) is 5.49. The molecule has 2 N–H and O–H groups in total. The van der Waals surface area contributed by atoms with Gasteiger partial charge < -0.3 is 10.4 Å². The van der Waals surface area contributed by atoms with E-state index in [2.05, 4.69) is 12.2 Å². The summed E-state index contributed by atoms with van der Waals surface area (Å²) in [6.07, 6.45) is 2.82. The van der Waals surface area contributed by atoms with E-state index in [-0.39, 0.29) is 23.7 Å². The highest BCUT2D eigenvalue weighted by Gasteiger charge is 2.44. The lowest BCUT2D eigenvalue weighted by Crippen LogP contribution is -2.39. The number of nitrogens with one attached hydrogen (secondary N) is 1. The first kappa shape index (κ1) is 13.0. The number of nitrogens with zero attached hydrogens (tertiary/aromatic N) is 1. The van der Waals surface area contributed by atoms with Gasteiger partial charge in [0.2, 0.25) is 0 Å². The van der Waals surface area contributed by atoms with Crippen LogP contribution in [0.25, 0.3) is 0 Å². The van der Waals surface area contributed by atoms with Crippen LogP contribution in [0.5, 0.6) is 5.75 Å². The molecule has 0 bridgehead atoms. The number of phenols is 1. The first-order valence-corrected chi connectivity index (χ1v) is 6.99. The van der Waals surface area contributed by atoms with E-state index in [0.29, 0.717) is 11.5 Å². The number of carbonyl (C=O) groups is 2. The van der Waals surface area contributed by atoms with Gasteiger partial charge in [-0.2, -0.15) is 0 Å². The third-order valence-corrected chi connectivity index (χ3v) is 4.21. The maximum absolute atomic E-state index is 12.5. The SMILES string of the molecule is C[C@@H]1CC[C@@H](N2C(=O)N[C@H](c3cccc(O)c3)C2=O)C1. The Kier molecular flexibility index (Phi) is 3.12. The Morgan fingerprint density at radius 3 is 2.75 bits per heavy atom. The number of aromatic hydroxyl groups is 1. The van der Waals surface area contributed by atoms with Gasteiger partial charge in [0.05, 0.1) is 0 Å². The molecule has 1 saturated carbocycles. The molecule has 3 amide bonds. The number of phenolic OH excluding ortho intramolecular Hbond substituents is 1. The summed E-state index contributed by atoms with van der Waals surface area (Å²) in [5.74, 6) is 0.442. The Hall–Kier alpha value is -2.04. The highest BCUT2D eigenvalue weighted by Crippen LogP contribution is 2.33. The minimum Gasteiger partial charge on any atom is -0.508 e. The predicted molar refractivity (Wildman–Crippen MR) is 73.0 cm³/mol. The maximum Gasteiger partial charge on any atom is 0.325 e. The van der Waals surface area contributed by atoms with Gasteiger partial charge in [-0.05, 0) is 42.9 Å². The van der Waals surface area contributed by atoms with Crippen molar-refractivity contribution in [2.45, 2.75) is 38.3 Å². The van der Waals surface area contributed by atoms with Crippen LogP contribution in [0.1, 0.15) is 37.8 Å². The topological polar surface area (TPSA) is 69.6 Å². The fourth-order valence-corrected chi connectivity index (χ4v) is 3.18. The largest absolute Gasteiger partial charge is 0.508 e. The fourth-order valence-electron chi connectivity index (χ4n) is 3.18. The molecule has 20 heavy (non-hydrogen) atoms. The van der Waals surface area contributed by atoms with Gasteiger partial charge in [-0.15, -0.1) is 0 Å². The Morgan fingerprint density at radius 1 is 1.30 bits per heavy atom. The molecule has 1 aliphatic carbocycles. The molecule has 5 nitrogen and oxygen atoms in total. The van der Waals surface area contributed by atoms with Gasteiger partial charge in [0, 0.05) is 6.04 Å². The first-order chi connectivity index (χ1) is 9.56. The van der Waals surface area contributed by atoms with Gasteiger partial charge in [0.25, 0.3) is 5.91 Å². The van der Waals surface area contributed by atoms with Gasteiger partial charge in [0.15, 0.2) is 0 Å². The van der Waals surface area contributed by atoms with Gasteiger partial charge in [-0.1, -0.05) is 19.1 Å². The van der Waals surface area contributed by atoms with Crippen LogP contribution in [0.15, 0.2) is 24.3 Å². The van der Waals surface area contributed by atoms with Crippen molar-refractivity contribution in [3.05, 3.63) is 29.8 Å². The lowest BCUT2D eigenvalue weighted by molar-refractivity contribution is -0.129. The van der Waals surface area contributed by atoms with Crippen LogP contribution in [0.3, 0.4) is 0 Å². The number of imide groups is 1. The molecule has 1 aromatic carbocycles. The standard InChI is InChI=1S/C15H18N2O3/c1-9-5-6-11(7-9)17-14(19)13(16-15(17)20)10-3-2-4-12(18)8-10/h2-4,8-9,11,13,18H,5-7H2,1H3,(H,16,20)/t9-,11-,13-/m1/s1. The van der Waals surface area contributed by atoms with Gasteiger partial charge >= 0.3 is 6.03 Å². The van der Waals surface area contributed by atoms with Crippen LogP contribution in [0.4, 0.5) is 4.79 Å². The minimum atomic E-state index is -0.675. The third kappa shape index (κ3) is 2.13. The Bertz CT molecular complexity index is 558. The van der Waals surface area contributed by atoms with E-state index in [9.17, 15) is 14.7 Å². The molecule has 2 fully saturated rings. The second-order valence-corrected chi connectivity index (χ2v) is 5.76. The quantitative estimate of drug-likeness (QED) is 0.812. The van der Waals surface area contributed by atoms with Crippen molar-refractivity contribution in [3.8, 4) is 5.75 Å². The Balaban J connectivity index is 1.83. The summed E-state index contributed by atoms with van der Waals surface area (Å²) < 4.78 is 0. The van der Waals surface area contributed by atoms with E-state index in [4.69, 9.17) is 0 Å². The molecule has 1 saturated heterocycles. The number of benzene rings is 1. The van der Waals surface area contributed by atoms with E-state index in [1.807, 2.05) is 0 Å². The van der Waals surface area contributed by atoms with Crippen LogP contribution in [-0.4, -0.2) is 28.0 Å². The number of hydrogen-bond acceptors (Lipinski definition) is 3. The zero-order chi connectivity index (χ0) is 14.3. The average Bonchev–Trinajstić information content (AvgIpc) is 2.93. The number of amides is 3. The highest BCUT2D eigenvalue weighted by molar-refractivity contribution is 6.05. The number of rotatable bonds is 2. The van der Waals surface area contributed by atoms with Crippen molar-refractivity contribution < 1.29 is 14.7 Å². The van der Waals surface area contributed by atoms with Crippen molar-refractivity contribution in [3.63, 3.8) is 0 Å². The van der Waals surface area contributed by atoms with Crippen molar-refractivity contribution >= 4 is 11.9 Å².